The van der Waals surface area contributed by atoms with E-state index in [1.54, 1.807) is 0 Å². The van der Waals surface area contributed by atoms with Gasteiger partial charge in [-0.15, -0.1) is 0 Å². The highest BCUT2D eigenvalue weighted by molar-refractivity contribution is 4.98. The van der Waals surface area contributed by atoms with Crippen molar-refractivity contribution in [2.45, 2.75) is 17.8 Å². The average Bonchev–Trinajstić information content (AvgIpc) is 2.96. The van der Waals surface area contributed by atoms with Gasteiger partial charge >= 0.3 is 0 Å². The molecular weight excluding hydrogens is 176 g/mol. The van der Waals surface area contributed by atoms with Crippen molar-refractivity contribution in [2.24, 2.45) is 0 Å². The second-order valence-corrected chi connectivity index (χ2v) is 3.52. The Morgan fingerprint density at radius 1 is 1.62 bits per heavy atom. The molecule has 0 aromatic heterocycles. The van der Waals surface area contributed by atoms with E-state index in [4.69, 9.17) is 19.3 Å². The summed E-state index contributed by atoms with van der Waals surface area (Å²) < 4.78 is 15.3. The smallest absolute Gasteiger partial charge is 0.143 e. The monoisotopic (exact) mass is 190 g/mol. The Balaban J connectivity index is 1.66. The minimum atomic E-state index is -0.840. The summed E-state index contributed by atoms with van der Waals surface area (Å²) >= 11 is 0. The lowest BCUT2D eigenvalue weighted by atomic mass is 10.1. The molecule has 2 N–H and O–H groups in total. The van der Waals surface area contributed by atoms with Crippen molar-refractivity contribution in [1.82, 2.24) is 0 Å². The standard InChI is InChI=1S/C8H14O5/c9-1-7(10)8(5-13-8)4-11-2-6-3-12-6/h6-7,9-10H,1-5H2. The fraction of sp³-hybridized carbons (Fsp3) is 1.00. The van der Waals surface area contributed by atoms with E-state index in [1.165, 1.54) is 0 Å². The molecule has 0 aliphatic carbocycles. The lowest BCUT2D eigenvalue weighted by molar-refractivity contribution is -0.0226. The van der Waals surface area contributed by atoms with Crippen LogP contribution in [0.5, 0.6) is 0 Å². The van der Waals surface area contributed by atoms with Crippen LogP contribution in [-0.4, -0.2) is 61.1 Å². The highest BCUT2D eigenvalue weighted by atomic mass is 16.6. The Morgan fingerprint density at radius 3 is 2.77 bits per heavy atom. The molecule has 2 rings (SSSR count). The SMILES string of the molecule is OCC(O)C1(COCC2CO2)CO1. The van der Waals surface area contributed by atoms with Gasteiger partial charge in [0.1, 0.15) is 17.8 Å². The summed E-state index contributed by atoms with van der Waals surface area (Å²) in [5.41, 5.74) is -0.649. The van der Waals surface area contributed by atoms with Crippen LogP contribution in [0.3, 0.4) is 0 Å². The van der Waals surface area contributed by atoms with Crippen molar-refractivity contribution >= 4 is 0 Å². The van der Waals surface area contributed by atoms with Crippen molar-refractivity contribution in [3.8, 4) is 0 Å². The molecule has 5 nitrogen and oxygen atoms in total. The van der Waals surface area contributed by atoms with Gasteiger partial charge in [0.05, 0.1) is 33.0 Å². The summed E-state index contributed by atoms with van der Waals surface area (Å²) in [4.78, 5) is 0. The van der Waals surface area contributed by atoms with E-state index in [0.29, 0.717) is 19.8 Å². The first kappa shape index (κ1) is 9.36. The van der Waals surface area contributed by atoms with Gasteiger partial charge in [0.2, 0.25) is 0 Å². The van der Waals surface area contributed by atoms with Gasteiger partial charge in [-0.2, -0.15) is 0 Å². The van der Waals surface area contributed by atoms with Gasteiger partial charge < -0.3 is 24.4 Å². The lowest BCUT2D eigenvalue weighted by Crippen LogP contribution is -2.37. The van der Waals surface area contributed by atoms with E-state index < -0.39 is 11.7 Å². The number of aliphatic hydroxyl groups is 2. The van der Waals surface area contributed by atoms with Crippen LogP contribution in [0.1, 0.15) is 0 Å². The maximum absolute atomic E-state index is 9.34. The average molecular weight is 190 g/mol. The minimum Gasteiger partial charge on any atom is -0.394 e. The zero-order valence-corrected chi connectivity index (χ0v) is 7.31. The zero-order valence-electron chi connectivity index (χ0n) is 7.31. The fourth-order valence-electron chi connectivity index (χ4n) is 1.16. The number of rotatable bonds is 6. The molecule has 0 bridgehead atoms. The first-order valence-electron chi connectivity index (χ1n) is 4.39. The molecule has 3 unspecified atom stereocenters. The zero-order chi connectivity index (χ0) is 9.31. The van der Waals surface area contributed by atoms with Crippen molar-refractivity contribution < 1.29 is 24.4 Å². The molecule has 2 fully saturated rings. The molecule has 2 heterocycles. The normalized spacial score (nSPS) is 38.8. The third kappa shape index (κ3) is 2.18. The minimum absolute atomic E-state index is 0.224. The molecular formula is C8H14O5. The van der Waals surface area contributed by atoms with Crippen molar-refractivity contribution in [1.29, 1.82) is 0 Å². The van der Waals surface area contributed by atoms with Gasteiger partial charge in [-0.3, -0.25) is 0 Å². The van der Waals surface area contributed by atoms with Gasteiger partial charge in [0.25, 0.3) is 0 Å². The van der Waals surface area contributed by atoms with E-state index in [2.05, 4.69) is 0 Å². The second kappa shape index (κ2) is 3.51. The van der Waals surface area contributed by atoms with Crippen molar-refractivity contribution in [3.63, 3.8) is 0 Å². The quantitative estimate of drug-likeness (QED) is 0.500. The fourth-order valence-corrected chi connectivity index (χ4v) is 1.16. The molecule has 0 radical (unpaired) electrons. The largest absolute Gasteiger partial charge is 0.394 e. The first-order valence-corrected chi connectivity index (χ1v) is 4.39. The molecule has 0 spiro atoms. The Kier molecular flexibility index (Phi) is 2.53. The van der Waals surface area contributed by atoms with Crippen LogP contribution in [0, 0.1) is 0 Å². The summed E-state index contributed by atoms with van der Waals surface area (Å²) in [6.45, 7) is 1.80. The van der Waals surface area contributed by atoms with Crippen LogP contribution >= 0.6 is 0 Å². The highest BCUT2D eigenvalue weighted by Gasteiger charge is 2.51. The summed E-state index contributed by atoms with van der Waals surface area (Å²) in [7, 11) is 0. The van der Waals surface area contributed by atoms with E-state index in [0.717, 1.165) is 6.61 Å². The first-order chi connectivity index (χ1) is 6.27. The third-order valence-corrected chi connectivity index (χ3v) is 2.35. The van der Waals surface area contributed by atoms with Crippen LogP contribution < -0.4 is 0 Å². The second-order valence-electron chi connectivity index (χ2n) is 3.52. The predicted molar refractivity (Wildman–Crippen MR) is 42.3 cm³/mol. The summed E-state index contributed by atoms with van der Waals surface area (Å²) in [6, 6.07) is 0. The topological polar surface area (TPSA) is 74.8 Å². The van der Waals surface area contributed by atoms with E-state index in [-0.39, 0.29) is 12.7 Å². The molecule has 0 amide bonds. The molecule has 3 atom stereocenters. The Labute approximate surface area is 76.2 Å². The number of hydrogen-bond donors (Lipinski definition) is 2. The van der Waals surface area contributed by atoms with Crippen LogP contribution in [0.2, 0.25) is 0 Å². The Morgan fingerprint density at radius 2 is 2.31 bits per heavy atom. The molecule has 76 valence electrons. The highest BCUT2D eigenvalue weighted by Crippen LogP contribution is 2.31. The number of hydrogen-bond acceptors (Lipinski definition) is 5. The number of epoxide rings is 2. The van der Waals surface area contributed by atoms with Crippen LogP contribution in [-0.2, 0) is 14.2 Å². The number of ether oxygens (including phenoxy) is 3. The maximum Gasteiger partial charge on any atom is 0.143 e. The van der Waals surface area contributed by atoms with Crippen LogP contribution in [0.4, 0.5) is 0 Å². The molecule has 0 saturated carbocycles. The molecule has 0 aromatic rings. The van der Waals surface area contributed by atoms with Crippen LogP contribution in [0.25, 0.3) is 0 Å². The van der Waals surface area contributed by atoms with Crippen molar-refractivity contribution in [3.05, 3.63) is 0 Å². The van der Waals surface area contributed by atoms with Gasteiger partial charge in [0, 0.05) is 0 Å². The van der Waals surface area contributed by atoms with E-state index >= 15 is 0 Å². The lowest BCUT2D eigenvalue weighted by Gasteiger charge is -2.16. The predicted octanol–water partition coefficient (Wildman–Crippen LogP) is -1.48. The third-order valence-electron chi connectivity index (χ3n) is 2.35. The number of aliphatic hydroxyl groups excluding tert-OH is 2. The summed E-state index contributed by atoms with van der Waals surface area (Å²) in [5, 5.41) is 18.1. The molecule has 5 heteroatoms. The molecule has 0 aromatic carbocycles. The van der Waals surface area contributed by atoms with E-state index in [1.807, 2.05) is 0 Å². The van der Waals surface area contributed by atoms with Gasteiger partial charge in [0.15, 0.2) is 0 Å². The Hall–Kier alpha value is -0.200. The van der Waals surface area contributed by atoms with Gasteiger partial charge in [-0.1, -0.05) is 0 Å². The summed E-state index contributed by atoms with van der Waals surface area (Å²) in [6.07, 6.45) is -0.616. The van der Waals surface area contributed by atoms with E-state index in [9.17, 15) is 5.11 Å². The van der Waals surface area contributed by atoms with Gasteiger partial charge in [-0.05, 0) is 0 Å². The molecule has 2 aliphatic rings. The molecule has 13 heavy (non-hydrogen) atoms. The Bertz CT molecular complexity index is 175. The van der Waals surface area contributed by atoms with Crippen molar-refractivity contribution in [2.75, 3.05) is 33.0 Å². The molecule has 2 saturated heterocycles. The maximum atomic E-state index is 9.34. The van der Waals surface area contributed by atoms with Gasteiger partial charge in [-0.25, -0.2) is 0 Å². The van der Waals surface area contributed by atoms with Crippen LogP contribution in [0.15, 0.2) is 0 Å². The molecule has 2 aliphatic heterocycles. The summed E-state index contributed by atoms with van der Waals surface area (Å²) in [5.74, 6) is 0.